The van der Waals surface area contributed by atoms with Crippen LogP contribution in [0.4, 0.5) is 10.1 Å². The maximum atomic E-state index is 15.3. The standard InChI is InChI=1S/C35H38FN7O3/c1-18-12-27-28(40-33(39-27)22-10-11-22)16-25(18)21-6-2-19(3-7-21)13-30(32(38)44)43(35(46)23-8-4-20(17-37)5-9-23)24-14-26(36)31-29(15-24)41-42-34(31)45/h2-3,6-7,12,14-16,20,22-23,30H,4-5,8-11,13,17,37H2,1H3,(H2,38,44)(H,39,40)(H2,41,42,45)/t20?,23?,30-/m0/s1. The zero-order valence-electron chi connectivity index (χ0n) is 25.7. The zero-order chi connectivity index (χ0) is 32.1. The Morgan fingerprint density at radius 1 is 1.00 bits per heavy atom. The number of hydrogen-bond acceptors (Lipinski definition) is 5. The van der Waals surface area contributed by atoms with Crippen LogP contribution >= 0.6 is 0 Å². The fraction of sp³-hybridized carbons (Fsp3) is 0.371. The van der Waals surface area contributed by atoms with Gasteiger partial charge in [-0.3, -0.25) is 29.5 Å². The molecule has 2 aliphatic carbocycles. The van der Waals surface area contributed by atoms with Crippen LogP contribution in [0.5, 0.6) is 0 Å². The molecule has 2 saturated carbocycles. The number of halogens is 1. The van der Waals surface area contributed by atoms with Crippen molar-refractivity contribution in [3.8, 4) is 11.1 Å². The number of aryl methyl sites for hydroxylation is 1. The van der Waals surface area contributed by atoms with Crippen molar-refractivity contribution >= 4 is 39.4 Å². The van der Waals surface area contributed by atoms with E-state index in [1.807, 2.05) is 24.3 Å². The van der Waals surface area contributed by atoms with E-state index in [0.717, 1.165) is 58.0 Å². The van der Waals surface area contributed by atoms with Crippen LogP contribution in [0.1, 0.15) is 61.4 Å². The van der Waals surface area contributed by atoms with Gasteiger partial charge in [0.25, 0.3) is 5.56 Å². The summed E-state index contributed by atoms with van der Waals surface area (Å²) in [6.07, 6.45) is 5.31. The molecule has 2 fully saturated rings. The Kier molecular flexibility index (Phi) is 7.72. The number of anilines is 1. The summed E-state index contributed by atoms with van der Waals surface area (Å²) in [5, 5.41) is 4.92. The third kappa shape index (κ3) is 5.60. The van der Waals surface area contributed by atoms with Gasteiger partial charge in [0.1, 0.15) is 23.1 Å². The Hall–Kier alpha value is -4.77. The number of rotatable bonds is 9. The first-order valence-corrected chi connectivity index (χ1v) is 16.0. The van der Waals surface area contributed by atoms with Gasteiger partial charge in [-0.1, -0.05) is 24.3 Å². The lowest BCUT2D eigenvalue weighted by Gasteiger charge is -2.35. The van der Waals surface area contributed by atoms with E-state index >= 15 is 4.39 Å². The number of carbonyl (C=O) groups excluding carboxylic acids is 2. The summed E-state index contributed by atoms with van der Waals surface area (Å²) in [4.78, 5) is 49.1. The summed E-state index contributed by atoms with van der Waals surface area (Å²) in [5.41, 5.74) is 17.6. The van der Waals surface area contributed by atoms with E-state index in [2.05, 4.69) is 34.2 Å². The Balaban J connectivity index is 1.20. The van der Waals surface area contributed by atoms with E-state index in [-0.39, 0.29) is 34.8 Å². The third-order valence-electron chi connectivity index (χ3n) is 9.80. The molecule has 2 heterocycles. The molecule has 2 amide bonds. The van der Waals surface area contributed by atoms with Gasteiger partial charge in [0.05, 0.1) is 16.6 Å². The average molecular weight is 624 g/mol. The second-order valence-electron chi connectivity index (χ2n) is 13.0. The van der Waals surface area contributed by atoms with Gasteiger partial charge in [0.2, 0.25) is 11.8 Å². The predicted molar refractivity (Wildman–Crippen MR) is 176 cm³/mol. The average Bonchev–Trinajstić information content (AvgIpc) is 3.72. The minimum Gasteiger partial charge on any atom is -0.368 e. The molecule has 238 valence electrons. The quantitative estimate of drug-likeness (QED) is 0.157. The van der Waals surface area contributed by atoms with E-state index in [1.54, 1.807) is 0 Å². The minimum atomic E-state index is -1.09. The summed E-state index contributed by atoms with van der Waals surface area (Å²) in [7, 11) is 0. The summed E-state index contributed by atoms with van der Waals surface area (Å²) in [6.45, 7) is 2.63. The number of nitrogens with zero attached hydrogens (tertiary/aromatic N) is 2. The highest BCUT2D eigenvalue weighted by atomic mass is 19.1. The number of imidazole rings is 1. The highest BCUT2D eigenvalue weighted by Gasteiger charge is 2.36. The van der Waals surface area contributed by atoms with Crippen LogP contribution in [0, 0.1) is 24.6 Å². The number of aromatic amines is 3. The Bertz CT molecular complexity index is 2000. The van der Waals surface area contributed by atoms with E-state index in [4.69, 9.17) is 16.5 Å². The second kappa shape index (κ2) is 11.9. The molecule has 46 heavy (non-hydrogen) atoms. The van der Waals surface area contributed by atoms with Gasteiger partial charge in [-0.2, -0.15) is 0 Å². The summed E-state index contributed by atoms with van der Waals surface area (Å²) in [5.74, 6) is -0.225. The number of fused-ring (bicyclic) bond motifs is 2. The van der Waals surface area contributed by atoms with Gasteiger partial charge >= 0.3 is 0 Å². The number of carbonyl (C=O) groups is 2. The van der Waals surface area contributed by atoms with Gasteiger partial charge in [-0.15, -0.1) is 0 Å². The fourth-order valence-electron chi connectivity index (χ4n) is 6.96. The predicted octanol–water partition coefficient (Wildman–Crippen LogP) is 4.92. The number of nitrogens with two attached hydrogens (primary N) is 2. The fourth-order valence-corrected chi connectivity index (χ4v) is 6.96. The van der Waals surface area contributed by atoms with Crippen LogP contribution in [-0.2, 0) is 16.0 Å². The first-order valence-electron chi connectivity index (χ1n) is 16.0. The van der Waals surface area contributed by atoms with Crippen LogP contribution in [0.25, 0.3) is 33.1 Å². The Morgan fingerprint density at radius 3 is 2.41 bits per heavy atom. The molecule has 0 unspecified atom stereocenters. The highest BCUT2D eigenvalue weighted by molar-refractivity contribution is 6.03. The van der Waals surface area contributed by atoms with Crippen LogP contribution in [0.15, 0.2) is 53.3 Å². The highest BCUT2D eigenvalue weighted by Crippen LogP contribution is 2.40. The first-order chi connectivity index (χ1) is 22.2. The van der Waals surface area contributed by atoms with Crippen LogP contribution < -0.4 is 21.9 Å². The maximum absolute atomic E-state index is 15.3. The molecule has 7 rings (SSSR count). The number of primary amides is 1. The smallest absolute Gasteiger partial charge is 0.274 e. The van der Waals surface area contributed by atoms with Crippen LogP contribution in [-0.4, -0.2) is 44.6 Å². The van der Waals surface area contributed by atoms with Crippen molar-refractivity contribution in [1.82, 2.24) is 20.2 Å². The topological polar surface area (TPSA) is 167 Å². The van der Waals surface area contributed by atoms with Crippen molar-refractivity contribution < 1.29 is 14.0 Å². The van der Waals surface area contributed by atoms with Crippen LogP contribution in [0.3, 0.4) is 0 Å². The van der Waals surface area contributed by atoms with Crippen molar-refractivity contribution in [3.05, 3.63) is 81.7 Å². The summed E-state index contributed by atoms with van der Waals surface area (Å²) in [6, 6.07) is 13.6. The largest absolute Gasteiger partial charge is 0.368 e. The second-order valence-corrected chi connectivity index (χ2v) is 13.0. The normalized spacial score (nSPS) is 19.0. The van der Waals surface area contributed by atoms with E-state index in [9.17, 15) is 14.4 Å². The molecular weight excluding hydrogens is 585 g/mol. The van der Waals surface area contributed by atoms with Crippen molar-refractivity contribution in [2.24, 2.45) is 23.3 Å². The van der Waals surface area contributed by atoms with E-state index < -0.39 is 23.3 Å². The van der Waals surface area contributed by atoms with Gasteiger partial charge < -0.3 is 16.5 Å². The van der Waals surface area contributed by atoms with Gasteiger partial charge in [-0.05, 0) is 104 Å². The number of nitrogens with one attached hydrogen (secondary N) is 3. The van der Waals surface area contributed by atoms with Crippen molar-refractivity contribution in [2.45, 2.75) is 63.8 Å². The van der Waals surface area contributed by atoms with Crippen molar-refractivity contribution in [1.29, 1.82) is 0 Å². The molecule has 0 spiro atoms. The number of hydrogen-bond donors (Lipinski definition) is 5. The molecule has 0 saturated heterocycles. The summed E-state index contributed by atoms with van der Waals surface area (Å²) >= 11 is 0. The van der Waals surface area contributed by atoms with Crippen molar-refractivity contribution in [2.75, 3.05) is 11.4 Å². The van der Waals surface area contributed by atoms with Crippen molar-refractivity contribution in [3.63, 3.8) is 0 Å². The van der Waals surface area contributed by atoms with Gasteiger partial charge in [0, 0.05) is 23.9 Å². The van der Waals surface area contributed by atoms with Gasteiger partial charge in [0.15, 0.2) is 0 Å². The molecule has 0 aliphatic heterocycles. The summed E-state index contributed by atoms with van der Waals surface area (Å²) < 4.78 is 15.3. The molecule has 7 N–H and O–H groups in total. The lowest BCUT2D eigenvalue weighted by molar-refractivity contribution is -0.127. The van der Waals surface area contributed by atoms with Crippen LogP contribution in [0.2, 0.25) is 0 Å². The van der Waals surface area contributed by atoms with Gasteiger partial charge in [-0.25, -0.2) is 9.37 Å². The molecule has 1 atom stereocenters. The molecule has 3 aromatic carbocycles. The molecule has 0 radical (unpaired) electrons. The molecule has 10 nitrogen and oxygen atoms in total. The molecule has 11 heteroatoms. The van der Waals surface area contributed by atoms with E-state index in [0.29, 0.717) is 31.2 Å². The molecule has 2 aromatic heterocycles. The molecule has 5 aromatic rings. The Morgan fingerprint density at radius 2 is 1.74 bits per heavy atom. The molecule has 2 aliphatic rings. The number of H-pyrrole nitrogens is 3. The van der Waals surface area contributed by atoms with E-state index in [1.165, 1.54) is 23.8 Å². The number of aromatic nitrogens is 4. The number of amides is 2. The zero-order valence-corrected chi connectivity index (χ0v) is 25.7. The first kappa shape index (κ1) is 29.9. The third-order valence-corrected chi connectivity index (χ3v) is 9.80. The monoisotopic (exact) mass is 623 g/mol. The molecular formula is C35H38FN7O3. The minimum absolute atomic E-state index is 0.130. The Labute approximate surface area is 264 Å². The molecule has 0 bridgehead atoms. The lowest BCUT2D eigenvalue weighted by atomic mass is 9.81. The maximum Gasteiger partial charge on any atom is 0.274 e. The SMILES string of the molecule is Cc1cc2[nH]c(C3CC3)nc2cc1-c1ccc(C[C@@H](C(N)=O)N(C(=O)C2CCC(CN)CC2)c2cc(F)c3c(=O)[nH][nH]c3c2)cc1. The number of benzene rings is 3. The lowest BCUT2D eigenvalue weighted by Crippen LogP contribution is -2.52.